The van der Waals surface area contributed by atoms with Crippen LogP contribution in [0.25, 0.3) is 0 Å². The van der Waals surface area contributed by atoms with E-state index in [9.17, 15) is 13.2 Å². The van der Waals surface area contributed by atoms with Crippen molar-refractivity contribution in [2.75, 3.05) is 13.1 Å². The molecule has 1 amide bonds. The number of nitrogens with one attached hydrogen (secondary N) is 1. The molecule has 1 aliphatic heterocycles. The number of sulfonamides is 1. The van der Waals surface area contributed by atoms with E-state index < -0.39 is 10.0 Å². The first kappa shape index (κ1) is 20.6. The zero-order chi connectivity index (χ0) is 20.6. The van der Waals surface area contributed by atoms with Gasteiger partial charge in [0.1, 0.15) is 4.21 Å². The maximum Gasteiger partial charge on any atom is 0.252 e. The van der Waals surface area contributed by atoms with Crippen LogP contribution in [0.2, 0.25) is 0 Å². The van der Waals surface area contributed by atoms with Crippen LogP contribution >= 0.6 is 11.3 Å². The molecule has 1 saturated heterocycles. The maximum atomic E-state index is 12.9. The second kappa shape index (κ2) is 7.85. The van der Waals surface area contributed by atoms with Gasteiger partial charge in [0.15, 0.2) is 0 Å². The molecule has 0 saturated carbocycles. The van der Waals surface area contributed by atoms with Gasteiger partial charge in [0.2, 0.25) is 5.91 Å². The Morgan fingerprint density at radius 1 is 1.10 bits per heavy atom. The summed E-state index contributed by atoms with van der Waals surface area (Å²) in [6.07, 6.45) is 3.10. The molecule has 0 radical (unpaired) electrons. The van der Waals surface area contributed by atoms with Gasteiger partial charge in [-0.3, -0.25) is 4.79 Å². The number of nitrogens with zero attached hydrogens (tertiary/aromatic N) is 1. The van der Waals surface area contributed by atoms with Crippen LogP contribution in [0.3, 0.4) is 0 Å². The van der Waals surface area contributed by atoms with Crippen LogP contribution in [0.4, 0.5) is 0 Å². The summed E-state index contributed by atoms with van der Waals surface area (Å²) in [6, 6.07) is 11.8. The number of carbonyl (C=O) groups is 1. The van der Waals surface area contributed by atoms with Crippen LogP contribution in [0.1, 0.15) is 56.7 Å². The van der Waals surface area contributed by atoms with E-state index in [2.05, 4.69) is 37.4 Å². The molecule has 1 atom stereocenters. The summed E-state index contributed by atoms with van der Waals surface area (Å²) in [5.41, 5.74) is 2.66. The lowest BCUT2D eigenvalue weighted by Gasteiger charge is -2.38. The highest BCUT2D eigenvalue weighted by molar-refractivity contribution is 7.91. The Labute approximate surface area is 177 Å². The van der Waals surface area contributed by atoms with Gasteiger partial charge in [-0.15, -0.1) is 11.3 Å². The molecule has 1 unspecified atom stereocenters. The molecule has 1 aliphatic carbocycles. The fourth-order valence-electron chi connectivity index (χ4n) is 4.55. The highest BCUT2D eigenvalue weighted by Crippen LogP contribution is 2.41. The Kier molecular flexibility index (Phi) is 5.57. The van der Waals surface area contributed by atoms with Crippen molar-refractivity contribution in [3.8, 4) is 0 Å². The van der Waals surface area contributed by atoms with E-state index in [4.69, 9.17) is 0 Å². The lowest BCUT2D eigenvalue weighted by molar-refractivity contribution is -0.127. The van der Waals surface area contributed by atoms with Crippen molar-refractivity contribution < 1.29 is 13.2 Å². The number of rotatable bonds is 4. The quantitative estimate of drug-likeness (QED) is 0.792. The number of carbonyl (C=O) groups excluding carboxylic acids is 1. The Morgan fingerprint density at radius 3 is 2.52 bits per heavy atom. The number of hydrogen-bond acceptors (Lipinski definition) is 4. The summed E-state index contributed by atoms with van der Waals surface area (Å²) in [4.78, 5) is 12.9. The first-order valence-corrected chi connectivity index (χ1v) is 12.5. The van der Waals surface area contributed by atoms with Gasteiger partial charge in [-0.1, -0.05) is 44.2 Å². The van der Waals surface area contributed by atoms with Crippen molar-refractivity contribution in [1.82, 2.24) is 9.62 Å². The van der Waals surface area contributed by atoms with Crippen LogP contribution in [-0.2, 0) is 20.2 Å². The Balaban J connectivity index is 1.40. The summed E-state index contributed by atoms with van der Waals surface area (Å²) in [5.74, 6) is -0.0791. The number of amides is 1. The summed E-state index contributed by atoms with van der Waals surface area (Å²) in [7, 11) is -3.43. The molecule has 1 aromatic heterocycles. The Bertz CT molecular complexity index is 975. The van der Waals surface area contributed by atoms with Crippen molar-refractivity contribution in [3.05, 3.63) is 52.9 Å². The molecule has 2 aromatic rings. The van der Waals surface area contributed by atoms with Crippen molar-refractivity contribution in [3.63, 3.8) is 0 Å². The van der Waals surface area contributed by atoms with Crippen LogP contribution in [0, 0.1) is 5.92 Å². The summed E-state index contributed by atoms with van der Waals surface area (Å²) in [5, 5.41) is 5.03. The van der Waals surface area contributed by atoms with Gasteiger partial charge < -0.3 is 5.32 Å². The standard InChI is InChI=1S/C22H28N2O3S2/c1-22(2)12-9-19(17-6-3-4-7-18(17)22)23-21(25)16-10-13-24(14-11-16)29(26,27)20-8-5-15-28-20/h3-8,15-16,19H,9-14H2,1-2H3,(H,23,25). The molecule has 2 heterocycles. The first-order valence-electron chi connectivity index (χ1n) is 10.2. The fourth-order valence-corrected chi connectivity index (χ4v) is 7.16. The number of benzene rings is 1. The lowest BCUT2D eigenvalue weighted by atomic mass is 9.71. The Hall–Kier alpha value is -1.70. The third-order valence-corrected chi connectivity index (χ3v) is 9.63. The zero-order valence-corrected chi connectivity index (χ0v) is 18.6. The summed E-state index contributed by atoms with van der Waals surface area (Å²) in [6.45, 7) is 5.31. The number of fused-ring (bicyclic) bond motifs is 1. The van der Waals surface area contributed by atoms with E-state index in [0.717, 1.165) is 12.8 Å². The normalized spacial score (nSPS) is 22.8. The van der Waals surface area contributed by atoms with Gasteiger partial charge in [0.05, 0.1) is 6.04 Å². The molecule has 2 aliphatic rings. The largest absolute Gasteiger partial charge is 0.349 e. The smallest absolute Gasteiger partial charge is 0.252 e. The van der Waals surface area contributed by atoms with Gasteiger partial charge in [0, 0.05) is 19.0 Å². The molecule has 156 valence electrons. The van der Waals surface area contributed by atoms with Crippen LogP contribution in [0.5, 0.6) is 0 Å². The molecule has 29 heavy (non-hydrogen) atoms. The Morgan fingerprint density at radius 2 is 1.83 bits per heavy atom. The van der Waals surface area contributed by atoms with Crippen molar-refractivity contribution in [2.24, 2.45) is 5.92 Å². The predicted octanol–water partition coefficient (Wildman–Crippen LogP) is 4.08. The summed E-state index contributed by atoms with van der Waals surface area (Å²) < 4.78 is 27.2. The molecule has 0 spiro atoms. The van der Waals surface area contributed by atoms with Gasteiger partial charge in [-0.2, -0.15) is 4.31 Å². The second-order valence-corrected chi connectivity index (χ2v) is 11.8. The molecule has 0 bridgehead atoms. The third-order valence-electron chi connectivity index (χ3n) is 6.35. The summed E-state index contributed by atoms with van der Waals surface area (Å²) >= 11 is 1.24. The molecular formula is C22H28N2O3S2. The van der Waals surface area contributed by atoms with Crippen molar-refractivity contribution >= 4 is 27.3 Å². The van der Waals surface area contributed by atoms with Crippen molar-refractivity contribution in [1.29, 1.82) is 0 Å². The van der Waals surface area contributed by atoms with E-state index in [1.807, 2.05) is 6.07 Å². The first-order chi connectivity index (χ1) is 13.8. The maximum absolute atomic E-state index is 12.9. The number of piperidine rings is 1. The highest BCUT2D eigenvalue weighted by atomic mass is 32.2. The predicted molar refractivity (Wildman–Crippen MR) is 115 cm³/mol. The molecular weight excluding hydrogens is 404 g/mol. The van der Waals surface area contributed by atoms with E-state index in [1.165, 1.54) is 26.8 Å². The van der Waals surface area contributed by atoms with Crippen LogP contribution in [0.15, 0.2) is 46.0 Å². The topological polar surface area (TPSA) is 66.5 Å². The molecule has 1 aromatic carbocycles. The van der Waals surface area contributed by atoms with E-state index in [0.29, 0.717) is 30.1 Å². The van der Waals surface area contributed by atoms with E-state index >= 15 is 0 Å². The van der Waals surface area contributed by atoms with Gasteiger partial charge in [-0.05, 0) is 53.7 Å². The number of hydrogen-bond donors (Lipinski definition) is 1. The molecule has 7 heteroatoms. The van der Waals surface area contributed by atoms with Gasteiger partial charge in [0.25, 0.3) is 10.0 Å². The number of thiophene rings is 1. The highest BCUT2D eigenvalue weighted by Gasteiger charge is 2.36. The molecule has 5 nitrogen and oxygen atoms in total. The third kappa shape index (κ3) is 4.00. The van der Waals surface area contributed by atoms with Gasteiger partial charge >= 0.3 is 0 Å². The zero-order valence-electron chi connectivity index (χ0n) is 16.9. The molecule has 4 rings (SSSR count). The second-order valence-electron chi connectivity index (χ2n) is 8.68. The monoisotopic (exact) mass is 432 g/mol. The van der Waals surface area contributed by atoms with E-state index in [1.54, 1.807) is 17.5 Å². The molecule has 1 fully saturated rings. The SMILES string of the molecule is CC1(C)CCC(NC(=O)C2CCN(S(=O)(=O)c3cccs3)CC2)c2ccccc21. The fraction of sp³-hybridized carbons (Fsp3) is 0.500. The average molecular weight is 433 g/mol. The van der Waals surface area contributed by atoms with E-state index in [-0.39, 0.29) is 23.3 Å². The lowest BCUT2D eigenvalue weighted by Crippen LogP contribution is -2.44. The minimum Gasteiger partial charge on any atom is -0.349 e. The average Bonchev–Trinajstić information content (AvgIpc) is 3.26. The molecule has 1 N–H and O–H groups in total. The van der Waals surface area contributed by atoms with Crippen molar-refractivity contribution in [2.45, 2.75) is 55.2 Å². The minimum absolute atomic E-state index is 0.0413. The minimum atomic E-state index is -3.43. The van der Waals surface area contributed by atoms with Crippen LogP contribution in [-0.4, -0.2) is 31.7 Å². The van der Waals surface area contributed by atoms with Gasteiger partial charge in [-0.25, -0.2) is 8.42 Å². The van der Waals surface area contributed by atoms with Crippen LogP contribution < -0.4 is 5.32 Å².